The Morgan fingerprint density at radius 3 is 2.06 bits per heavy atom. The van der Waals surface area contributed by atoms with Crippen LogP contribution in [0, 0.1) is 5.92 Å². The lowest BCUT2D eigenvalue weighted by atomic mass is 9.83. The number of rotatable bonds is 9. The summed E-state index contributed by atoms with van der Waals surface area (Å²) < 4.78 is 0. The predicted molar refractivity (Wildman–Crippen MR) is 137 cm³/mol. The second kappa shape index (κ2) is 10.8. The number of nitrogens with zero attached hydrogens (tertiary/aromatic N) is 1. The SMILES string of the molecule is CCC(=O)CC[C@H]1C(=O)C(CCc2ccc(CC)cc2)[C@@H](c2ccc(C(C)(C)C)cc2)N1C. The molecule has 0 saturated carbocycles. The maximum atomic E-state index is 13.6. The minimum Gasteiger partial charge on any atom is -0.300 e. The summed E-state index contributed by atoms with van der Waals surface area (Å²) >= 11 is 0. The lowest BCUT2D eigenvalue weighted by molar-refractivity contribution is -0.123. The van der Waals surface area contributed by atoms with E-state index in [-0.39, 0.29) is 29.2 Å². The highest BCUT2D eigenvalue weighted by molar-refractivity contribution is 5.90. The molecule has 3 rings (SSSR count). The lowest BCUT2D eigenvalue weighted by Gasteiger charge is -2.28. The Balaban J connectivity index is 1.84. The number of hydrogen-bond donors (Lipinski definition) is 0. The first-order chi connectivity index (χ1) is 15.7. The molecule has 2 aromatic rings. The van der Waals surface area contributed by atoms with Gasteiger partial charge in [0.15, 0.2) is 5.78 Å². The van der Waals surface area contributed by atoms with Gasteiger partial charge < -0.3 is 0 Å². The van der Waals surface area contributed by atoms with Crippen molar-refractivity contribution in [2.24, 2.45) is 5.92 Å². The van der Waals surface area contributed by atoms with E-state index in [1.807, 2.05) is 6.92 Å². The Labute approximate surface area is 200 Å². The number of benzene rings is 2. The van der Waals surface area contributed by atoms with Crippen LogP contribution in [0.3, 0.4) is 0 Å². The standard InChI is InChI=1S/C30H41NO2/c1-7-21-9-11-22(12-10-21)13-19-26-28(23-14-16-24(17-15-23)30(3,4)5)31(6)27(29(26)33)20-18-25(32)8-2/h9-12,14-17,26-28H,7-8,13,18-20H2,1-6H3/t26?,27-,28+/m0/s1. The molecule has 1 saturated heterocycles. The zero-order valence-electron chi connectivity index (χ0n) is 21.4. The van der Waals surface area contributed by atoms with Gasteiger partial charge in [-0.1, -0.05) is 83.1 Å². The molecule has 3 nitrogen and oxygen atoms in total. The molecule has 2 aromatic carbocycles. The van der Waals surface area contributed by atoms with Gasteiger partial charge in [-0.05, 0) is 60.4 Å². The summed E-state index contributed by atoms with van der Waals surface area (Å²) in [6.07, 6.45) is 4.42. The maximum Gasteiger partial charge on any atom is 0.154 e. The van der Waals surface area contributed by atoms with Gasteiger partial charge in [-0.2, -0.15) is 0 Å². The van der Waals surface area contributed by atoms with Crippen molar-refractivity contribution in [3.8, 4) is 0 Å². The summed E-state index contributed by atoms with van der Waals surface area (Å²) in [6.45, 7) is 10.7. The average Bonchev–Trinajstić information content (AvgIpc) is 3.04. The van der Waals surface area contributed by atoms with Gasteiger partial charge in [0.2, 0.25) is 0 Å². The fraction of sp³-hybridized carbons (Fsp3) is 0.533. The van der Waals surface area contributed by atoms with Crippen molar-refractivity contribution in [2.75, 3.05) is 7.05 Å². The monoisotopic (exact) mass is 447 g/mol. The second-order valence-electron chi connectivity index (χ2n) is 10.6. The van der Waals surface area contributed by atoms with Crippen LogP contribution in [0.5, 0.6) is 0 Å². The van der Waals surface area contributed by atoms with Gasteiger partial charge >= 0.3 is 0 Å². The van der Waals surface area contributed by atoms with Crippen LogP contribution in [0.2, 0.25) is 0 Å². The van der Waals surface area contributed by atoms with Crippen molar-refractivity contribution in [1.29, 1.82) is 0 Å². The van der Waals surface area contributed by atoms with E-state index in [1.165, 1.54) is 22.3 Å². The van der Waals surface area contributed by atoms with E-state index in [2.05, 4.69) is 88.2 Å². The fourth-order valence-corrected chi connectivity index (χ4v) is 5.11. The number of likely N-dealkylation sites (N-methyl/N-ethyl adjacent to an activating group) is 1. The van der Waals surface area contributed by atoms with E-state index in [0.717, 1.165) is 19.3 Å². The van der Waals surface area contributed by atoms with Crippen LogP contribution in [0.25, 0.3) is 0 Å². The lowest BCUT2D eigenvalue weighted by Crippen LogP contribution is -2.31. The van der Waals surface area contributed by atoms with Crippen molar-refractivity contribution in [3.05, 3.63) is 70.8 Å². The first-order valence-corrected chi connectivity index (χ1v) is 12.6. The molecule has 0 bridgehead atoms. The Morgan fingerprint density at radius 2 is 1.52 bits per heavy atom. The molecule has 33 heavy (non-hydrogen) atoms. The van der Waals surface area contributed by atoms with Crippen LogP contribution < -0.4 is 0 Å². The van der Waals surface area contributed by atoms with E-state index in [1.54, 1.807) is 0 Å². The maximum absolute atomic E-state index is 13.6. The van der Waals surface area contributed by atoms with Gasteiger partial charge in [-0.15, -0.1) is 0 Å². The molecule has 0 N–H and O–H groups in total. The second-order valence-corrected chi connectivity index (χ2v) is 10.6. The fourth-order valence-electron chi connectivity index (χ4n) is 5.11. The molecular weight excluding hydrogens is 406 g/mol. The number of likely N-dealkylation sites (tertiary alicyclic amines) is 1. The Morgan fingerprint density at radius 1 is 0.909 bits per heavy atom. The normalized spacial score (nSPS) is 21.5. The van der Waals surface area contributed by atoms with E-state index < -0.39 is 0 Å². The quantitative estimate of drug-likeness (QED) is 0.441. The van der Waals surface area contributed by atoms with Crippen LogP contribution in [0.4, 0.5) is 0 Å². The summed E-state index contributed by atoms with van der Waals surface area (Å²) in [5, 5.41) is 0. The molecule has 178 valence electrons. The summed E-state index contributed by atoms with van der Waals surface area (Å²) in [4.78, 5) is 27.8. The summed E-state index contributed by atoms with van der Waals surface area (Å²) in [5.74, 6) is 0.487. The molecule has 0 aromatic heterocycles. The molecule has 1 heterocycles. The molecule has 3 heteroatoms. The average molecular weight is 448 g/mol. The third-order valence-electron chi connectivity index (χ3n) is 7.39. The topological polar surface area (TPSA) is 37.4 Å². The number of carbonyl (C=O) groups is 2. The molecule has 0 spiro atoms. The Bertz CT molecular complexity index is 937. The van der Waals surface area contributed by atoms with E-state index >= 15 is 0 Å². The third kappa shape index (κ3) is 6.00. The van der Waals surface area contributed by atoms with Crippen LogP contribution in [-0.2, 0) is 27.8 Å². The molecule has 0 amide bonds. The van der Waals surface area contributed by atoms with Gasteiger partial charge in [0.25, 0.3) is 0 Å². The van der Waals surface area contributed by atoms with Crippen molar-refractivity contribution >= 4 is 11.6 Å². The number of carbonyl (C=O) groups excluding carboxylic acids is 2. The molecule has 1 unspecified atom stereocenters. The highest BCUT2D eigenvalue weighted by Gasteiger charge is 2.46. The Kier molecular flexibility index (Phi) is 8.28. The van der Waals surface area contributed by atoms with Gasteiger partial charge in [0, 0.05) is 24.8 Å². The third-order valence-corrected chi connectivity index (χ3v) is 7.39. The minimum atomic E-state index is -0.180. The largest absolute Gasteiger partial charge is 0.300 e. The number of hydrogen-bond acceptors (Lipinski definition) is 3. The smallest absolute Gasteiger partial charge is 0.154 e. The first kappa shape index (κ1) is 25.4. The highest BCUT2D eigenvalue weighted by atomic mass is 16.1. The molecule has 1 fully saturated rings. The minimum absolute atomic E-state index is 0.0527. The van der Waals surface area contributed by atoms with E-state index in [4.69, 9.17) is 0 Å². The van der Waals surface area contributed by atoms with Crippen LogP contribution in [0.1, 0.15) is 88.6 Å². The number of aryl methyl sites for hydroxylation is 2. The van der Waals surface area contributed by atoms with Crippen LogP contribution in [0.15, 0.2) is 48.5 Å². The van der Waals surface area contributed by atoms with E-state index in [9.17, 15) is 9.59 Å². The van der Waals surface area contributed by atoms with Crippen molar-refractivity contribution in [3.63, 3.8) is 0 Å². The molecule has 0 aliphatic carbocycles. The molecule has 0 radical (unpaired) electrons. The summed E-state index contributed by atoms with van der Waals surface area (Å²) in [7, 11) is 2.07. The molecule has 1 aliphatic heterocycles. The number of Topliss-reactive ketones (excluding diaryl/α,β-unsaturated/α-hetero) is 2. The summed E-state index contributed by atoms with van der Waals surface area (Å²) in [5.41, 5.74) is 5.23. The van der Waals surface area contributed by atoms with Crippen molar-refractivity contribution < 1.29 is 9.59 Å². The predicted octanol–water partition coefficient (Wildman–Crippen LogP) is 6.48. The zero-order chi connectivity index (χ0) is 24.2. The molecular formula is C30H41NO2. The highest BCUT2D eigenvalue weighted by Crippen LogP contribution is 2.42. The molecule has 3 atom stereocenters. The van der Waals surface area contributed by atoms with Crippen LogP contribution in [-0.4, -0.2) is 29.6 Å². The van der Waals surface area contributed by atoms with Gasteiger partial charge in [0.1, 0.15) is 5.78 Å². The Hall–Kier alpha value is -2.26. The first-order valence-electron chi connectivity index (χ1n) is 12.6. The van der Waals surface area contributed by atoms with Crippen molar-refractivity contribution in [2.45, 2.75) is 90.6 Å². The van der Waals surface area contributed by atoms with Crippen molar-refractivity contribution in [1.82, 2.24) is 4.90 Å². The molecule has 1 aliphatic rings. The zero-order valence-corrected chi connectivity index (χ0v) is 21.4. The number of ketones is 2. The van der Waals surface area contributed by atoms with Gasteiger partial charge in [-0.3, -0.25) is 14.5 Å². The summed E-state index contributed by atoms with van der Waals surface area (Å²) in [6, 6.07) is 17.5. The van der Waals surface area contributed by atoms with Crippen LogP contribution >= 0.6 is 0 Å². The van der Waals surface area contributed by atoms with Gasteiger partial charge in [-0.25, -0.2) is 0 Å². The van der Waals surface area contributed by atoms with Gasteiger partial charge in [0.05, 0.1) is 6.04 Å². The van der Waals surface area contributed by atoms with E-state index in [0.29, 0.717) is 25.0 Å².